The maximum absolute atomic E-state index is 13.2. The van der Waals surface area contributed by atoms with Crippen LogP contribution in [0.1, 0.15) is 22.9 Å². The van der Waals surface area contributed by atoms with Crippen molar-refractivity contribution in [3.8, 4) is 0 Å². The van der Waals surface area contributed by atoms with Gasteiger partial charge in [0.2, 0.25) is 0 Å². The number of hydrogen-bond donors (Lipinski definition) is 1. The molecule has 3 aromatic rings. The minimum Gasteiger partial charge on any atom is -0.298 e. The van der Waals surface area contributed by atoms with E-state index in [0.717, 1.165) is 5.56 Å². The van der Waals surface area contributed by atoms with Crippen molar-refractivity contribution in [3.05, 3.63) is 110 Å². The van der Waals surface area contributed by atoms with Gasteiger partial charge in [-0.2, -0.15) is 0 Å². The molecule has 0 spiro atoms. The monoisotopic (exact) mass is 457 g/mol. The molecule has 3 aromatic carbocycles. The van der Waals surface area contributed by atoms with Gasteiger partial charge in [-0.3, -0.25) is 25.2 Å². The molecular weight excluding hydrogens is 438 g/mol. The van der Waals surface area contributed by atoms with E-state index in [1.54, 1.807) is 30.3 Å². The number of hydrogen-bond acceptors (Lipinski definition) is 7. The van der Waals surface area contributed by atoms with Crippen LogP contribution >= 0.6 is 11.8 Å². The van der Waals surface area contributed by atoms with Crippen LogP contribution in [0.4, 0.5) is 5.69 Å². The molecule has 0 radical (unpaired) electrons. The molecule has 1 amide bonds. The van der Waals surface area contributed by atoms with E-state index < -0.39 is 11.1 Å². The highest BCUT2D eigenvalue weighted by Gasteiger charge is 2.37. The Bertz CT molecular complexity index is 1420. The number of nitro benzene ring substituents is 1. The van der Waals surface area contributed by atoms with Gasteiger partial charge in [0.05, 0.1) is 15.8 Å². The van der Waals surface area contributed by atoms with Crippen LogP contribution in [0.2, 0.25) is 0 Å². The average molecular weight is 458 g/mol. The lowest BCUT2D eigenvalue weighted by Crippen LogP contribution is -2.50. The summed E-state index contributed by atoms with van der Waals surface area (Å²) in [5.74, 6) is 0.300. The smallest absolute Gasteiger partial charge is 0.276 e. The number of nitrogens with zero attached hydrogens (tertiary/aromatic N) is 4. The van der Waals surface area contributed by atoms with Crippen molar-refractivity contribution in [1.82, 2.24) is 10.3 Å². The normalized spacial score (nSPS) is 16.8. The highest BCUT2D eigenvalue weighted by Crippen LogP contribution is 2.35. The standard InChI is InChI=1S/C24H19N5O3S/c1-15-10-12-16(13-11-15)14-33-24-26-23(30)21-17-6-2-4-8-19(17)25-22(28(21)27-24)18-7-3-5-9-20(18)29(31)32/h2-13,22H,14H2,1H3,(H,26,27,30). The number of fused-ring (bicyclic) bond motifs is 2. The summed E-state index contributed by atoms with van der Waals surface area (Å²) in [5.41, 5.74) is 2.90. The van der Waals surface area contributed by atoms with E-state index in [1.807, 2.05) is 43.3 Å². The number of nitrogens with one attached hydrogen (secondary N) is 1. The van der Waals surface area contributed by atoms with Gasteiger partial charge in [0.25, 0.3) is 11.6 Å². The molecule has 5 rings (SSSR count). The SMILES string of the molecule is Cc1ccc(CSC2=NN3C(=c4ccccc4=NC3c3ccccc3[N+](=O)[O-])C(=O)N2)cc1. The van der Waals surface area contributed by atoms with Gasteiger partial charge in [0.1, 0.15) is 5.70 Å². The third kappa shape index (κ3) is 3.98. The molecule has 2 aliphatic rings. The van der Waals surface area contributed by atoms with Crippen molar-refractivity contribution in [2.24, 2.45) is 10.1 Å². The molecule has 0 bridgehead atoms. The molecule has 0 aromatic heterocycles. The summed E-state index contributed by atoms with van der Waals surface area (Å²) in [4.78, 5) is 29.2. The Labute approximate surface area is 193 Å². The first-order chi connectivity index (χ1) is 16.0. The lowest BCUT2D eigenvalue weighted by molar-refractivity contribution is -0.385. The van der Waals surface area contributed by atoms with Crippen LogP contribution in [0.5, 0.6) is 0 Å². The Balaban J connectivity index is 1.59. The summed E-state index contributed by atoms with van der Waals surface area (Å²) >= 11 is 1.39. The highest BCUT2D eigenvalue weighted by atomic mass is 32.2. The molecule has 33 heavy (non-hydrogen) atoms. The Kier molecular flexibility index (Phi) is 5.39. The number of aryl methyl sites for hydroxylation is 1. The molecule has 0 saturated carbocycles. The van der Waals surface area contributed by atoms with E-state index in [2.05, 4.69) is 10.4 Å². The molecule has 1 N–H and O–H groups in total. The Morgan fingerprint density at radius 1 is 1.06 bits per heavy atom. The summed E-state index contributed by atoms with van der Waals surface area (Å²) in [6, 6.07) is 21.8. The molecule has 8 nitrogen and oxygen atoms in total. The quantitative estimate of drug-likeness (QED) is 0.480. The highest BCUT2D eigenvalue weighted by molar-refractivity contribution is 8.13. The number of carbonyl (C=O) groups excluding carboxylic acids is 1. The molecule has 0 fully saturated rings. The summed E-state index contributed by atoms with van der Waals surface area (Å²) < 4.78 is 0. The summed E-state index contributed by atoms with van der Waals surface area (Å²) in [5, 5.41) is 22.4. The fraction of sp³-hybridized carbons (Fsp3) is 0.125. The van der Waals surface area contributed by atoms with Gasteiger partial charge in [-0.1, -0.05) is 71.9 Å². The maximum atomic E-state index is 13.2. The van der Waals surface area contributed by atoms with Crippen molar-refractivity contribution in [1.29, 1.82) is 0 Å². The number of amides is 1. The lowest BCUT2D eigenvalue weighted by atomic mass is 10.1. The van der Waals surface area contributed by atoms with Crippen molar-refractivity contribution in [3.63, 3.8) is 0 Å². The second-order valence-corrected chi connectivity index (χ2v) is 8.63. The zero-order valence-corrected chi connectivity index (χ0v) is 18.5. The molecule has 0 saturated heterocycles. The number of nitro groups is 1. The topological polar surface area (TPSA) is 100 Å². The molecular formula is C24H19N5O3S. The molecule has 0 aliphatic carbocycles. The van der Waals surface area contributed by atoms with Gasteiger partial charge in [0, 0.05) is 17.0 Å². The first-order valence-corrected chi connectivity index (χ1v) is 11.3. The second-order valence-electron chi connectivity index (χ2n) is 7.66. The third-order valence-electron chi connectivity index (χ3n) is 5.42. The fourth-order valence-corrected chi connectivity index (χ4v) is 4.61. The van der Waals surface area contributed by atoms with Gasteiger partial charge < -0.3 is 0 Å². The molecule has 164 valence electrons. The number of benzene rings is 3. The number of rotatable bonds is 4. The first-order valence-electron chi connectivity index (χ1n) is 10.3. The van der Waals surface area contributed by atoms with Gasteiger partial charge in [0.15, 0.2) is 11.3 Å². The largest absolute Gasteiger partial charge is 0.298 e. The minimum atomic E-state index is -0.836. The van der Waals surface area contributed by atoms with Crippen molar-refractivity contribution < 1.29 is 9.72 Å². The van der Waals surface area contributed by atoms with Crippen LogP contribution in [0, 0.1) is 17.0 Å². The van der Waals surface area contributed by atoms with Gasteiger partial charge in [-0.15, -0.1) is 5.10 Å². The summed E-state index contributed by atoms with van der Waals surface area (Å²) in [6.07, 6.45) is -0.836. The Morgan fingerprint density at radius 2 is 1.79 bits per heavy atom. The van der Waals surface area contributed by atoms with Crippen LogP contribution in [0.25, 0.3) is 5.70 Å². The van der Waals surface area contributed by atoms with Gasteiger partial charge in [-0.25, -0.2) is 5.01 Å². The van der Waals surface area contributed by atoms with E-state index in [1.165, 1.54) is 28.4 Å². The lowest BCUT2D eigenvalue weighted by Gasteiger charge is -2.33. The zero-order valence-electron chi connectivity index (χ0n) is 17.6. The number of carbonyl (C=O) groups is 1. The van der Waals surface area contributed by atoms with Crippen molar-refractivity contribution in [2.75, 3.05) is 0 Å². The van der Waals surface area contributed by atoms with Crippen LogP contribution in [-0.4, -0.2) is 21.0 Å². The molecule has 1 atom stereocenters. The van der Waals surface area contributed by atoms with Crippen molar-refractivity contribution >= 4 is 34.2 Å². The Hall–Kier alpha value is -3.98. The third-order valence-corrected chi connectivity index (χ3v) is 6.36. The predicted octanol–water partition coefficient (Wildman–Crippen LogP) is 2.98. The van der Waals surface area contributed by atoms with E-state index in [9.17, 15) is 14.9 Å². The first kappa shape index (κ1) is 20.9. The second kappa shape index (κ2) is 8.51. The maximum Gasteiger partial charge on any atom is 0.276 e. The van der Waals surface area contributed by atoms with Crippen LogP contribution in [-0.2, 0) is 10.5 Å². The molecule has 9 heteroatoms. The van der Waals surface area contributed by atoms with E-state index in [-0.39, 0.29) is 11.6 Å². The Morgan fingerprint density at radius 3 is 2.58 bits per heavy atom. The van der Waals surface area contributed by atoms with Gasteiger partial charge >= 0.3 is 0 Å². The van der Waals surface area contributed by atoms with Crippen LogP contribution in [0.3, 0.4) is 0 Å². The van der Waals surface area contributed by atoms with Crippen LogP contribution in [0.15, 0.2) is 82.9 Å². The molecule has 2 aliphatic heterocycles. The van der Waals surface area contributed by atoms with Crippen molar-refractivity contribution in [2.45, 2.75) is 18.8 Å². The molecule has 1 unspecified atom stereocenters. The minimum absolute atomic E-state index is 0.0694. The van der Waals surface area contributed by atoms with E-state index >= 15 is 0 Å². The molecule has 2 heterocycles. The summed E-state index contributed by atoms with van der Waals surface area (Å²) in [7, 11) is 0. The fourth-order valence-electron chi connectivity index (χ4n) is 3.80. The van der Waals surface area contributed by atoms with E-state index in [0.29, 0.717) is 32.8 Å². The number of thioether (sulfide) groups is 1. The summed E-state index contributed by atoms with van der Waals surface area (Å²) in [6.45, 7) is 2.03. The zero-order chi connectivity index (χ0) is 22.9. The van der Waals surface area contributed by atoms with Crippen LogP contribution < -0.4 is 15.9 Å². The van der Waals surface area contributed by atoms with E-state index in [4.69, 9.17) is 4.99 Å². The number of hydrazone groups is 1. The number of amidine groups is 1. The van der Waals surface area contributed by atoms with Gasteiger partial charge in [-0.05, 0) is 24.6 Å². The average Bonchev–Trinajstić information content (AvgIpc) is 2.83. The number of para-hydroxylation sites is 2. The predicted molar refractivity (Wildman–Crippen MR) is 126 cm³/mol.